The number of carbonyl (C=O) groups is 1. The third-order valence-electron chi connectivity index (χ3n) is 1.91. The van der Waals surface area contributed by atoms with Gasteiger partial charge in [0.1, 0.15) is 0 Å². The fraction of sp³-hybridized carbons (Fsp3) is 0.857. The largest absolute Gasteiger partial charge is 0.352 e. The van der Waals surface area contributed by atoms with Crippen LogP contribution in [0.4, 0.5) is 0 Å². The van der Waals surface area contributed by atoms with Crippen molar-refractivity contribution in [3.8, 4) is 0 Å². The SMILES string of the molecule is CC(=O)N[C@H]1CNC[C@H]1C. The monoisotopic (exact) mass is 142 g/mol. The van der Waals surface area contributed by atoms with E-state index in [1.165, 1.54) is 0 Å². The molecule has 2 N–H and O–H groups in total. The minimum Gasteiger partial charge on any atom is -0.352 e. The molecule has 3 nitrogen and oxygen atoms in total. The summed E-state index contributed by atoms with van der Waals surface area (Å²) in [6.45, 7) is 5.64. The summed E-state index contributed by atoms with van der Waals surface area (Å²) in [5.41, 5.74) is 0. The second kappa shape index (κ2) is 3.01. The van der Waals surface area contributed by atoms with E-state index < -0.39 is 0 Å². The van der Waals surface area contributed by atoms with E-state index in [-0.39, 0.29) is 5.91 Å². The summed E-state index contributed by atoms with van der Waals surface area (Å²) >= 11 is 0. The quantitative estimate of drug-likeness (QED) is 0.529. The van der Waals surface area contributed by atoms with E-state index in [4.69, 9.17) is 0 Å². The highest BCUT2D eigenvalue weighted by Gasteiger charge is 2.22. The first-order chi connectivity index (χ1) is 4.70. The van der Waals surface area contributed by atoms with E-state index in [0.717, 1.165) is 13.1 Å². The molecule has 1 saturated heterocycles. The van der Waals surface area contributed by atoms with Crippen LogP contribution in [0.2, 0.25) is 0 Å². The van der Waals surface area contributed by atoms with E-state index in [1.54, 1.807) is 6.92 Å². The van der Waals surface area contributed by atoms with Crippen LogP contribution in [-0.4, -0.2) is 25.0 Å². The van der Waals surface area contributed by atoms with Gasteiger partial charge in [0.15, 0.2) is 0 Å². The Hall–Kier alpha value is -0.570. The predicted octanol–water partition coefficient (Wildman–Crippen LogP) is -0.270. The van der Waals surface area contributed by atoms with Gasteiger partial charge >= 0.3 is 0 Å². The third-order valence-corrected chi connectivity index (χ3v) is 1.91. The van der Waals surface area contributed by atoms with Crippen LogP contribution in [-0.2, 0) is 4.79 Å². The number of hydrogen-bond acceptors (Lipinski definition) is 2. The van der Waals surface area contributed by atoms with Crippen molar-refractivity contribution in [2.45, 2.75) is 19.9 Å². The van der Waals surface area contributed by atoms with Gasteiger partial charge in [-0.3, -0.25) is 4.79 Å². The summed E-state index contributed by atoms with van der Waals surface area (Å²) in [7, 11) is 0. The van der Waals surface area contributed by atoms with E-state index in [1.807, 2.05) is 0 Å². The van der Waals surface area contributed by atoms with Crippen LogP contribution in [0, 0.1) is 5.92 Å². The van der Waals surface area contributed by atoms with Crippen molar-refractivity contribution in [2.24, 2.45) is 5.92 Å². The molecule has 0 aromatic rings. The Morgan fingerprint density at radius 2 is 2.30 bits per heavy atom. The van der Waals surface area contributed by atoms with Gasteiger partial charge in [-0.15, -0.1) is 0 Å². The molecule has 0 saturated carbocycles. The van der Waals surface area contributed by atoms with Crippen LogP contribution in [0.1, 0.15) is 13.8 Å². The molecule has 1 aliphatic heterocycles. The summed E-state index contributed by atoms with van der Waals surface area (Å²) in [6.07, 6.45) is 0. The minimum atomic E-state index is 0.0700. The number of amides is 1. The average molecular weight is 142 g/mol. The molecule has 10 heavy (non-hydrogen) atoms. The summed E-state index contributed by atoms with van der Waals surface area (Å²) in [4.78, 5) is 10.6. The van der Waals surface area contributed by atoms with Gasteiger partial charge in [0.05, 0.1) is 0 Å². The van der Waals surface area contributed by atoms with Crippen molar-refractivity contribution in [3.05, 3.63) is 0 Å². The van der Waals surface area contributed by atoms with Crippen LogP contribution in [0.25, 0.3) is 0 Å². The number of carbonyl (C=O) groups excluding carboxylic acids is 1. The molecule has 0 radical (unpaired) electrons. The molecule has 0 aliphatic carbocycles. The molecule has 1 rings (SSSR count). The Balaban J connectivity index is 2.33. The maximum Gasteiger partial charge on any atom is 0.217 e. The van der Waals surface area contributed by atoms with Crippen molar-refractivity contribution in [1.29, 1.82) is 0 Å². The van der Waals surface area contributed by atoms with Gasteiger partial charge in [-0.25, -0.2) is 0 Å². The summed E-state index contributed by atoms with van der Waals surface area (Å²) in [5, 5.41) is 6.10. The fourth-order valence-corrected chi connectivity index (χ4v) is 1.26. The first-order valence-corrected chi connectivity index (χ1v) is 3.68. The normalized spacial score (nSPS) is 32.2. The van der Waals surface area contributed by atoms with Crippen LogP contribution in [0.15, 0.2) is 0 Å². The van der Waals surface area contributed by atoms with Gasteiger partial charge in [-0.1, -0.05) is 6.92 Å². The summed E-state index contributed by atoms with van der Waals surface area (Å²) < 4.78 is 0. The second-order valence-electron chi connectivity index (χ2n) is 2.94. The molecule has 1 amide bonds. The molecule has 0 aromatic heterocycles. The van der Waals surface area contributed by atoms with Crippen molar-refractivity contribution in [2.75, 3.05) is 13.1 Å². The van der Waals surface area contributed by atoms with Crippen molar-refractivity contribution in [1.82, 2.24) is 10.6 Å². The summed E-state index contributed by atoms with van der Waals surface area (Å²) in [6, 6.07) is 0.345. The maximum atomic E-state index is 10.6. The number of hydrogen-bond donors (Lipinski definition) is 2. The van der Waals surface area contributed by atoms with Crippen LogP contribution < -0.4 is 10.6 Å². The van der Waals surface area contributed by atoms with Gasteiger partial charge < -0.3 is 10.6 Å². The Kier molecular flexibility index (Phi) is 2.27. The third kappa shape index (κ3) is 1.70. The molecule has 58 valence electrons. The van der Waals surface area contributed by atoms with E-state index in [9.17, 15) is 4.79 Å². The number of rotatable bonds is 1. The smallest absolute Gasteiger partial charge is 0.217 e. The Morgan fingerprint density at radius 1 is 1.60 bits per heavy atom. The molecule has 1 heterocycles. The lowest BCUT2D eigenvalue weighted by Crippen LogP contribution is -2.37. The number of nitrogens with one attached hydrogen (secondary N) is 2. The van der Waals surface area contributed by atoms with Gasteiger partial charge in [-0.05, 0) is 12.5 Å². The lowest BCUT2D eigenvalue weighted by atomic mass is 10.1. The zero-order chi connectivity index (χ0) is 7.56. The maximum absolute atomic E-state index is 10.6. The van der Waals surface area contributed by atoms with E-state index in [0.29, 0.717) is 12.0 Å². The fourth-order valence-electron chi connectivity index (χ4n) is 1.26. The Morgan fingerprint density at radius 3 is 2.70 bits per heavy atom. The highest BCUT2D eigenvalue weighted by molar-refractivity contribution is 5.73. The highest BCUT2D eigenvalue weighted by atomic mass is 16.1. The second-order valence-corrected chi connectivity index (χ2v) is 2.94. The molecule has 1 aliphatic rings. The van der Waals surface area contributed by atoms with Gasteiger partial charge in [0, 0.05) is 19.5 Å². The first-order valence-electron chi connectivity index (χ1n) is 3.68. The van der Waals surface area contributed by atoms with E-state index >= 15 is 0 Å². The lowest BCUT2D eigenvalue weighted by molar-refractivity contribution is -0.119. The zero-order valence-corrected chi connectivity index (χ0v) is 6.48. The van der Waals surface area contributed by atoms with Crippen molar-refractivity contribution >= 4 is 5.91 Å². The standard InChI is InChI=1S/C7H14N2O/c1-5-3-8-4-7(5)9-6(2)10/h5,7-8H,3-4H2,1-2H3,(H,9,10)/t5-,7+/m1/s1. The van der Waals surface area contributed by atoms with Gasteiger partial charge in [-0.2, -0.15) is 0 Å². The molecule has 0 bridgehead atoms. The molecule has 0 spiro atoms. The molecular formula is C7H14N2O. The Labute approximate surface area is 61.2 Å². The average Bonchev–Trinajstić information content (AvgIpc) is 2.15. The van der Waals surface area contributed by atoms with Crippen LogP contribution in [0.5, 0.6) is 0 Å². The van der Waals surface area contributed by atoms with Crippen molar-refractivity contribution in [3.63, 3.8) is 0 Å². The van der Waals surface area contributed by atoms with Crippen LogP contribution >= 0.6 is 0 Å². The highest BCUT2D eigenvalue weighted by Crippen LogP contribution is 2.06. The van der Waals surface area contributed by atoms with Crippen molar-refractivity contribution < 1.29 is 4.79 Å². The van der Waals surface area contributed by atoms with Gasteiger partial charge in [0.25, 0.3) is 0 Å². The molecule has 0 aromatic carbocycles. The topological polar surface area (TPSA) is 41.1 Å². The molecule has 3 heteroatoms. The lowest BCUT2D eigenvalue weighted by Gasteiger charge is -2.13. The predicted molar refractivity (Wildman–Crippen MR) is 39.6 cm³/mol. The molecule has 0 unspecified atom stereocenters. The molecular weight excluding hydrogens is 128 g/mol. The first kappa shape index (κ1) is 7.54. The zero-order valence-electron chi connectivity index (χ0n) is 6.48. The van der Waals surface area contributed by atoms with E-state index in [2.05, 4.69) is 17.6 Å². The molecule has 1 fully saturated rings. The van der Waals surface area contributed by atoms with Crippen LogP contribution in [0.3, 0.4) is 0 Å². The molecule has 2 atom stereocenters. The minimum absolute atomic E-state index is 0.0700. The summed E-state index contributed by atoms with van der Waals surface area (Å²) in [5.74, 6) is 0.643. The Bertz CT molecular complexity index is 136. The van der Waals surface area contributed by atoms with Gasteiger partial charge in [0.2, 0.25) is 5.91 Å².